The number of benzene rings is 1. The first-order valence-corrected chi connectivity index (χ1v) is 6.29. The Morgan fingerprint density at radius 1 is 1.59 bits per heavy atom. The van der Waals surface area contributed by atoms with Crippen LogP contribution in [0.5, 0.6) is 0 Å². The minimum Gasteiger partial charge on any atom is -0.313 e. The van der Waals surface area contributed by atoms with Gasteiger partial charge in [0.2, 0.25) is 0 Å². The highest BCUT2D eigenvalue weighted by Gasteiger charge is 2.28. The molecular formula is C12H14BrFN2O. The molecule has 1 aliphatic heterocycles. The average molecular weight is 301 g/mol. The molecule has 1 N–H and O–H groups in total. The van der Waals surface area contributed by atoms with Gasteiger partial charge in [0.05, 0.1) is 11.6 Å². The van der Waals surface area contributed by atoms with Gasteiger partial charge in [-0.3, -0.25) is 9.69 Å². The number of nitrogens with zero attached hydrogens (tertiary/aromatic N) is 1. The summed E-state index contributed by atoms with van der Waals surface area (Å²) < 4.78 is 14.3. The molecular weight excluding hydrogens is 287 g/mol. The van der Waals surface area contributed by atoms with Crippen LogP contribution in [0.15, 0.2) is 22.7 Å². The van der Waals surface area contributed by atoms with Crippen molar-refractivity contribution in [2.75, 3.05) is 26.7 Å². The van der Waals surface area contributed by atoms with Gasteiger partial charge in [0.25, 0.3) is 0 Å². The van der Waals surface area contributed by atoms with Crippen molar-refractivity contribution in [3.8, 4) is 0 Å². The second kappa shape index (κ2) is 5.25. The maximum Gasteiger partial charge on any atom is 0.184 e. The summed E-state index contributed by atoms with van der Waals surface area (Å²) in [4.78, 5) is 14.2. The predicted octanol–water partition coefficient (Wildman–Crippen LogP) is 1.67. The van der Waals surface area contributed by atoms with Gasteiger partial charge in [-0.05, 0) is 25.2 Å². The SMILES string of the molecule is CN1CCNCC1C(=O)c1cc(Br)ccc1F. The quantitative estimate of drug-likeness (QED) is 0.844. The summed E-state index contributed by atoms with van der Waals surface area (Å²) in [6.07, 6.45) is 0. The van der Waals surface area contributed by atoms with Gasteiger partial charge in [-0.15, -0.1) is 0 Å². The van der Waals surface area contributed by atoms with Crippen molar-refractivity contribution in [1.82, 2.24) is 10.2 Å². The van der Waals surface area contributed by atoms with Gasteiger partial charge in [-0.1, -0.05) is 15.9 Å². The van der Waals surface area contributed by atoms with Crippen LogP contribution < -0.4 is 5.32 Å². The lowest BCUT2D eigenvalue weighted by Gasteiger charge is -2.31. The topological polar surface area (TPSA) is 32.3 Å². The lowest BCUT2D eigenvalue weighted by atomic mass is 10.0. The second-order valence-electron chi connectivity index (χ2n) is 4.19. The first kappa shape index (κ1) is 12.7. The standard InChI is InChI=1S/C12H14BrFN2O/c1-16-5-4-15-7-11(16)12(17)9-6-8(13)2-3-10(9)14/h2-3,6,11,15H,4-5,7H2,1H3. The van der Waals surface area contributed by atoms with Crippen LogP contribution in [0.3, 0.4) is 0 Å². The van der Waals surface area contributed by atoms with E-state index in [2.05, 4.69) is 21.2 Å². The molecule has 0 aromatic heterocycles. The first-order chi connectivity index (χ1) is 8.09. The largest absolute Gasteiger partial charge is 0.313 e. The van der Waals surface area contributed by atoms with Crippen LogP contribution in [0.25, 0.3) is 0 Å². The van der Waals surface area contributed by atoms with Crippen molar-refractivity contribution in [1.29, 1.82) is 0 Å². The third-order valence-electron chi connectivity index (χ3n) is 3.01. The molecule has 1 saturated heterocycles. The fraction of sp³-hybridized carbons (Fsp3) is 0.417. The van der Waals surface area contributed by atoms with Gasteiger partial charge in [-0.25, -0.2) is 4.39 Å². The van der Waals surface area contributed by atoms with Gasteiger partial charge in [0.15, 0.2) is 5.78 Å². The van der Waals surface area contributed by atoms with Crippen LogP contribution in [0.4, 0.5) is 4.39 Å². The number of carbonyl (C=O) groups excluding carboxylic acids is 1. The maximum absolute atomic E-state index is 13.6. The molecule has 0 spiro atoms. The predicted molar refractivity (Wildman–Crippen MR) is 67.7 cm³/mol. The number of nitrogens with one attached hydrogen (secondary N) is 1. The molecule has 2 rings (SSSR count). The zero-order chi connectivity index (χ0) is 12.4. The molecule has 0 saturated carbocycles. The van der Waals surface area contributed by atoms with E-state index in [0.717, 1.165) is 13.1 Å². The Bertz CT molecular complexity index is 439. The van der Waals surface area contributed by atoms with Gasteiger partial charge in [0, 0.05) is 24.1 Å². The van der Waals surface area contributed by atoms with Crippen molar-refractivity contribution in [3.63, 3.8) is 0 Å². The van der Waals surface area contributed by atoms with E-state index in [-0.39, 0.29) is 17.4 Å². The normalized spacial score (nSPS) is 21.5. The molecule has 92 valence electrons. The van der Waals surface area contributed by atoms with E-state index in [9.17, 15) is 9.18 Å². The zero-order valence-corrected chi connectivity index (χ0v) is 11.1. The van der Waals surface area contributed by atoms with Gasteiger partial charge in [0.1, 0.15) is 5.82 Å². The summed E-state index contributed by atoms with van der Waals surface area (Å²) in [5, 5.41) is 3.15. The molecule has 0 radical (unpaired) electrons. The summed E-state index contributed by atoms with van der Waals surface area (Å²) in [6, 6.07) is 4.16. The van der Waals surface area contributed by atoms with Crippen LogP contribution in [0.2, 0.25) is 0 Å². The minimum atomic E-state index is -0.461. The van der Waals surface area contributed by atoms with E-state index in [1.54, 1.807) is 12.1 Å². The van der Waals surface area contributed by atoms with E-state index in [1.165, 1.54) is 6.07 Å². The molecule has 3 nitrogen and oxygen atoms in total. The lowest BCUT2D eigenvalue weighted by Crippen LogP contribution is -2.53. The number of likely N-dealkylation sites (N-methyl/N-ethyl adjacent to an activating group) is 1. The highest BCUT2D eigenvalue weighted by Crippen LogP contribution is 2.18. The van der Waals surface area contributed by atoms with Crippen LogP contribution in [-0.4, -0.2) is 43.4 Å². The third-order valence-corrected chi connectivity index (χ3v) is 3.50. The highest BCUT2D eigenvalue weighted by molar-refractivity contribution is 9.10. The Hall–Kier alpha value is -0.780. The van der Waals surface area contributed by atoms with E-state index in [0.29, 0.717) is 11.0 Å². The van der Waals surface area contributed by atoms with Crippen molar-refractivity contribution in [3.05, 3.63) is 34.1 Å². The van der Waals surface area contributed by atoms with Crippen LogP contribution in [0.1, 0.15) is 10.4 Å². The summed E-state index contributed by atoms with van der Waals surface area (Å²) in [6.45, 7) is 2.23. The molecule has 1 fully saturated rings. The molecule has 0 amide bonds. The molecule has 5 heteroatoms. The van der Waals surface area contributed by atoms with Crippen LogP contribution in [-0.2, 0) is 0 Å². The van der Waals surface area contributed by atoms with E-state index < -0.39 is 5.82 Å². The third kappa shape index (κ3) is 2.73. The van der Waals surface area contributed by atoms with Gasteiger partial charge >= 0.3 is 0 Å². The molecule has 1 unspecified atom stereocenters. The monoisotopic (exact) mass is 300 g/mol. The summed E-state index contributed by atoms with van der Waals surface area (Å²) in [5.74, 6) is -0.629. The van der Waals surface area contributed by atoms with Gasteiger partial charge in [-0.2, -0.15) is 0 Å². The fourth-order valence-corrected chi connectivity index (χ4v) is 2.33. The van der Waals surface area contributed by atoms with E-state index >= 15 is 0 Å². The van der Waals surface area contributed by atoms with E-state index in [1.807, 2.05) is 11.9 Å². The molecule has 17 heavy (non-hydrogen) atoms. The number of hydrogen-bond acceptors (Lipinski definition) is 3. The van der Waals surface area contributed by atoms with Crippen LogP contribution in [0, 0.1) is 5.82 Å². The zero-order valence-electron chi connectivity index (χ0n) is 9.54. The molecule has 1 heterocycles. The number of piperazine rings is 1. The number of hydrogen-bond donors (Lipinski definition) is 1. The van der Waals surface area contributed by atoms with Crippen molar-refractivity contribution in [2.45, 2.75) is 6.04 Å². The Kier molecular flexibility index (Phi) is 3.91. The number of carbonyl (C=O) groups is 1. The molecule has 1 aromatic rings. The average Bonchev–Trinajstić information content (AvgIpc) is 2.32. The molecule has 1 atom stereocenters. The first-order valence-electron chi connectivity index (χ1n) is 5.50. The van der Waals surface area contributed by atoms with Crippen molar-refractivity contribution < 1.29 is 9.18 Å². The number of Topliss-reactive ketones (excluding diaryl/α,β-unsaturated/α-hetero) is 1. The van der Waals surface area contributed by atoms with Crippen molar-refractivity contribution in [2.24, 2.45) is 0 Å². The Morgan fingerprint density at radius 3 is 3.06 bits per heavy atom. The fourth-order valence-electron chi connectivity index (χ4n) is 1.96. The Morgan fingerprint density at radius 2 is 2.35 bits per heavy atom. The molecule has 0 bridgehead atoms. The van der Waals surface area contributed by atoms with Gasteiger partial charge < -0.3 is 5.32 Å². The Balaban J connectivity index is 2.26. The minimum absolute atomic E-state index is 0.153. The summed E-state index contributed by atoms with van der Waals surface area (Å²) in [5.41, 5.74) is 0.153. The Labute approximate surface area is 108 Å². The number of halogens is 2. The summed E-state index contributed by atoms with van der Waals surface area (Å²) >= 11 is 3.26. The maximum atomic E-state index is 13.6. The smallest absolute Gasteiger partial charge is 0.184 e. The highest BCUT2D eigenvalue weighted by atomic mass is 79.9. The van der Waals surface area contributed by atoms with Crippen molar-refractivity contribution >= 4 is 21.7 Å². The van der Waals surface area contributed by atoms with E-state index in [4.69, 9.17) is 0 Å². The lowest BCUT2D eigenvalue weighted by molar-refractivity contribution is 0.0815. The molecule has 1 aromatic carbocycles. The molecule has 0 aliphatic carbocycles. The molecule has 1 aliphatic rings. The van der Waals surface area contributed by atoms with Crippen LogP contribution >= 0.6 is 15.9 Å². The number of ketones is 1. The summed E-state index contributed by atoms with van der Waals surface area (Å²) in [7, 11) is 1.89. The number of rotatable bonds is 2. The second-order valence-corrected chi connectivity index (χ2v) is 5.10.